The van der Waals surface area contributed by atoms with Crippen molar-refractivity contribution in [2.24, 2.45) is 11.8 Å². The van der Waals surface area contributed by atoms with Gasteiger partial charge in [-0.1, -0.05) is 19.8 Å². The Bertz CT molecular complexity index is 163. The summed E-state index contributed by atoms with van der Waals surface area (Å²) in [6, 6.07) is 0.725. The molecule has 4 unspecified atom stereocenters. The molecule has 0 spiro atoms. The summed E-state index contributed by atoms with van der Waals surface area (Å²) in [7, 11) is 0. The van der Waals surface area contributed by atoms with Crippen molar-refractivity contribution in [3.63, 3.8) is 0 Å². The Morgan fingerprint density at radius 1 is 1.14 bits per heavy atom. The second kappa shape index (κ2) is 4.63. The van der Waals surface area contributed by atoms with Crippen molar-refractivity contribution in [3.8, 4) is 0 Å². The van der Waals surface area contributed by atoms with Crippen molar-refractivity contribution in [2.45, 2.75) is 57.6 Å². The van der Waals surface area contributed by atoms with Gasteiger partial charge < -0.3 is 10.4 Å². The number of aliphatic hydroxyl groups is 1. The second-order valence-corrected chi connectivity index (χ2v) is 5.18. The quantitative estimate of drug-likeness (QED) is 0.724. The van der Waals surface area contributed by atoms with Crippen LogP contribution in [-0.4, -0.2) is 23.8 Å². The van der Waals surface area contributed by atoms with Crippen LogP contribution in [0.5, 0.6) is 0 Å². The van der Waals surface area contributed by atoms with Crippen LogP contribution < -0.4 is 5.32 Å². The summed E-state index contributed by atoms with van der Waals surface area (Å²) in [4.78, 5) is 0. The maximum Gasteiger partial charge on any atom is 0.0580 e. The second-order valence-electron chi connectivity index (χ2n) is 5.18. The molecule has 0 aromatic carbocycles. The first-order chi connectivity index (χ1) is 6.77. The maximum absolute atomic E-state index is 9.69. The Morgan fingerprint density at radius 2 is 1.93 bits per heavy atom. The first-order valence-corrected chi connectivity index (χ1v) is 6.19. The van der Waals surface area contributed by atoms with Gasteiger partial charge in [-0.25, -0.2) is 0 Å². The smallest absolute Gasteiger partial charge is 0.0580 e. The molecule has 2 nitrogen and oxygen atoms in total. The molecule has 2 N–H and O–H groups in total. The van der Waals surface area contributed by atoms with E-state index in [1.807, 2.05) is 0 Å². The molecule has 0 aliphatic heterocycles. The van der Waals surface area contributed by atoms with Gasteiger partial charge in [0.15, 0.2) is 0 Å². The first kappa shape index (κ1) is 10.4. The highest BCUT2D eigenvalue weighted by atomic mass is 16.3. The molecular formula is C12H23NO. The van der Waals surface area contributed by atoms with Gasteiger partial charge >= 0.3 is 0 Å². The molecule has 2 heteroatoms. The SMILES string of the molecule is CC1CCCC1NCC1CCCC1O. The number of hydrogen-bond donors (Lipinski definition) is 2. The number of nitrogens with one attached hydrogen (secondary N) is 1. The van der Waals surface area contributed by atoms with Gasteiger partial charge in [0.05, 0.1) is 6.10 Å². The van der Waals surface area contributed by atoms with Crippen LogP contribution in [0.1, 0.15) is 45.4 Å². The highest BCUT2D eigenvalue weighted by Gasteiger charge is 2.28. The lowest BCUT2D eigenvalue weighted by atomic mass is 10.0. The Labute approximate surface area is 87.1 Å². The molecular weight excluding hydrogens is 174 g/mol. The van der Waals surface area contributed by atoms with Crippen LogP contribution in [0.15, 0.2) is 0 Å². The molecule has 14 heavy (non-hydrogen) atoms. The molecule has 4 atom stereocenters. The van der Waals surface area contributed by atoms with E-state index in [2.05, 4.69) is 12.2 Å². The molecule has 0 amide bonds. The van der Waals surface area contributed by atoms with Crippen LogP contribution >= 0.6 is 0 Å². The molecule has 2 rings (SSSR count). The van der Waals surface area contributed by atoms with E-state index in [4.69, 9.17) is 0 Å². The van der Waals surface area contributed by atoms with Crippen molar-refractivity contribution in [3.05, 3.63) is 0 Å². The van der Waals surface area contributed by atoms with E-state index in [1.54, 1.807) is 0 Å². The van der Waals surface area contributed by atoms with Crippen molar-refractivity contribution in [1.29, 1.82) is 0 Å². The standard InChI is InChI=1S/C12H23NO/c1-9-4-2-6-11(9)13-8-10-5-3-7-12(10)14/h9-14H,2-8H2,1H3. The van der Waals surface area contributed by atoms with Crippen LogP contribution in [0.25, 0.3) is 0 Å². The fourth-order valence-corrected chi connectivity index (χ4v) is 3.01. The zero-order valence-corrected chi connectivity index (χ0v) is 9.21. The van der Waals surface area contributed by atoms with E-state index in [0.717, 1.165) is 24.9 Å². The number of hydrogen-bond acceptors (Lipinski definition) is 2. The Hall–Kier alpha value is -0.0800. The van der Waals surface area contributed by atoms with Gasteiger partial charge in [-0.05, 0) is 37.5 Å². The number of aliphatic hydroxyl groups excluding tert-OH is 1. The predicted octanol–water partition coefficient (Wildman–Crippen LogP) is 1.93. The third kappa shape index (κ3) is 2.29. The van der Waals surface area contributed by atoms with Crippen molar-refractivity contribution < 1.29 is 5.11 Å². The van der Waals surface area contributed by atoms with Gasteiger partial charge in [0, 0.05) is 12.6 Å². The van der Waals surface area contributed by atoms with E-state index in [1.165, 1.54) is 32.1 Å². The Kier molecular flexibility index (Phi) is 3.45. The van der Waals surface area contributed by atoms with Gasteiger partial charge in [-0.2, -0.15) is 0 Å². The summed E-state index contributed by atoms with van der Waals surface area (Å²) < 4.78 is 0. The zero-order valence-electron chi connectivity index (χ0n) is 9.21. The fraction of sp³-hybridized carbons (Fsp3) is 1.00. The predicted molar refractivity (Wildman–Crippen MR) is 58.2 cm³/mol. The van der Waals surface area contributed by atoms with Gasteiger partial charge in [0.2, 0.25) is 0 Å². The van der Waals surface area contributed by atoms with Crippen LogP contribution in [0, 0.1) is 11.8 Å². The molecule has 2 fully saturated rings. The monoisotopic (exact) mass is 197 g/mol. The van der Waals surface area contributed by atoms with Gasteiger partial charge in [-0.15, -0.1) is 0 Å². The zero-order chi connectivity index (χ0) is 9.97. The van der Waals surface area contributed by atoms with Gasteiger partial charge in [-0.3, -0.25) is 0 Å². The minimum atomic E-state index is -0.0285. The van der Waals surface area contributed by atoms with E-state index in [0.29, 0.717) is 5.92 Å². The molecule has 2 aliphatic carbocycles. The molecule has 0 aromatic heterocycles. The molecule has 2 aliphatic rings. The average Bonchev–Trinajstić information content (AvgIpc) is 2.72. The topological polar surface area (TPSA) is 32.3 Å². The van der Waals surface area contributed by atoms with E-state index in [-0.39, 0.29) is 6.10 Å². The summed E-state index contributed by atoms with van der Waals surface area (Å²) in [5.41, 5.74) is 0. The lowest BCUT2D eigenvalue weighted by Gasteiger charge is -2.21. The minimum Gasteiger partial charge on any atom is -0.393 e. The molecule has 0 aromatic rings. The molecule has 0 saturated heterocycles. The summed E-state index contributed by atoms with van der Waals surface area (Å²) in [6.45, 7) is 3.38. The minimum absolute atomic E-state index is 0.0285. The lowest BCUT2D eigenvalue weighted by molar-refractivity contribution is 0.129. The van der Waals surface area contributed by atoms with Crippen molar-refractivity contribution >= 4 is 0 Å². The van der Waals surface area contributed by atoms with Crippen molar-refractivity contribution in [2.75, 3.05) is 6.54 Å². The third-order valence-corrected chi connectivity index (χ3v) is 4.12. The maximum atomic E-state index is 9.69. The Balaban J connectivity index is 1.71. The molecule has 0 heterocycles. The summed E-state index contributed by atoms with van der Waals surface area (Å²) in [5.74, 6) is 1.37. The van der Waals surface area contributed by atoms with Gasteiger partial charge in [0.1, 0.15) is 0 Å². The van der Waals surface area contributed by atoms with E-state index in [9.17, 15) is 5.11 Å². The lowest BCUT2D eigenvalue weighted by Crippen LogP contribution is -2.37. The first-order valence-electron chi connectivity index (χ1n) is 6.19. The highest BCUT2D eigenvalue weighted by molar-refractivity contribution is 4.84. The summed E-state index contributed by atoms with van der Waals surface area (Å²) in [6.07, 6.45) is 7.52. The summed E-state index contributed by atoms with van der Waals surface area (Å²) >= 11 is 0. The van der Waals surface area contributed by atoms with Crippen LogP contribution in [-0.2, 0) is 0 Å². The highest BCUT2D eigenvalue weighted by Crippen LogP contribution is 2.28. The average molecular weight is 197 g/mol. The van der Waals surface area contributed by atoms with Crippen molar-refractivity contribution in [1.82, 2.24) is 5.32 Å². The molecule has 0 radical (unpaired) electrons. The molecule has 82 valence electrons. The molecule has 0 bridgehead atoms. The van der Waals surface area contributed by atoms with E-state index < -0.39 is 0 Å². The normalized spacial score (nSPS) is 43.3. The fourth-order valence-electron chi connectivity index (χ4n) is 3.01. The van der Waals surface area contributed by atoms with E-state index >= 15 is 0 Å². The van der Waals surface area contributed by atoms with Crippen LogP contribution in [0.4, 0.5) is 0 Å². The number of rotatable bonds is 3. The third-order valence-electron chi connectivity index (χ3n) is 4.12. The van der Waals surface area contributed by atoms with Gasteiger partial charge in [0.25, 0.3) is 0 Å². The Morgan fingerprint density at radius 3 is 2.50 bits per heavy atom. The van der Waals surface area contributed by atoms with Crippen LogP contribution in [0.2, 0.25) is 0 Å². The molecule has 2 saturated carbocycles. The van der Waals surface area contributed by atoms with Crippen LogP contribution in [0.3, 0.4) is 0 Å². The largest absolute Gasteiger partial charge is 0.393 e. The summed E-state index contributed by atoms with van der Waals surface area (Å²) in [5, 5.41) is 13.3.